The first kappa shape index (κ1) is 35.0. The zero-order valence-corrected chi connectivity index (χ0v) is 27.9. The second-order valence-electron chi connectivity index (χ2n) is 11.2. The lowest BCUT2D eigenvalue weighted by Gasteiger charge is -2.35. The molecule has 3 aromatic rings. The highest BCUT2D eigenvalue weighted by Gasteiger charge is 2.36. The Morgan fingerprint density at radius 3 is 2.00 bits per heavy atom. The number of anilines is 1. The molecular weight excluding hydrogens is 598 g/mol. The minimum absolute atomic E-state index is 0.0758. The Bertz CT molecular complexity index is 1570. The molecule has 0 bridgehead atoms. The maximum atomic E-state index is 14.4. The molecule has 1 atom stereocenters. The van der Waals surface area contributed by atoms with Crippen molar-refractivity contribution in [1.82, 2.24) is 10.2 Å². The summed E-state index contributed by atoms with van der Waals surface area (Å²) in [6, 6.07) is 17.2. The van der Waals surface area contributed by atoms with Crippen LogP contribution in [0.3, 0.4) is 0 Å². The third-order valence-electron chi connectivity index (χ3n) is 6.96. The zero-order chi connectivity index (χ0) is 33.4. The van der Waals surface area contributed by atoms with Gasteiger partial charge in [0.2, 0.25) is 11.8 Å². The van der Waals surface area contributed by atoms with Gasteiger partial charge in [0.15, 0.2) is 11.5 Å². The topological polar surface area (TPSA) is 124 Å². The largest absolute Gasteiger partial charge is 0.497 e. The number of sulfonamides is 1. The van der Waals surface area contributed by atoms with Crippen LogP contribution in [0.25, 0.3) is 0 Å². The molecule has 0 aliphatic carbocycles. The summed E-state index contributed by atoms with van der Waals surface area (Å²) in [5.41, 5.74) is 0.302. The van der Waals surface area contributed by atoms with E-state index in [0.717, 1.165) is 9.87 Å². The second-order valence-corrected chi connectivity index (χ2v) is 13.1. The third-order valence-corrected chi connectivity index (χ3v) is 8.71. The van der Waals surface area contributed by atoms with Crippen molar-refractivity contribution in [3.63, 3.8) is 0 Å². The molecule has 0 unspecified atom stereocenters. The highest BCUT2D eigenvalue weighted by atomic mass is 32.2. The van der Waals surface area contributed by atoms with E-state index in [1.54, 1.807) is 19.1 Å². The van der Waals surface area contributed by atoms with Crippen molar-refractivity contribution in [2.24, 2.45) is 0 Å². The molecule has 2 amide bonds. The van der Waals surface area contributed by atoms with Gasteiger partial charge in [0.1, 0.15) is 24.1 Å². The Balaban J connectivity index is 2.20. The van der Waals surface area contributed by atoms with Crippen molar-refractivity contribution in [1.29, 1.82) is 0 Å². The summed E-state index contributed by atoms with van der Waals surface area (Å²) in [5, 5.41) is 2.96. The van der Waals surface area contributed by atoms with Gasteiger partial charge >= 0.3 is 0 Å². The number of hydrogen-bond donors (Lipinski definition) is 1. The molecule has 244 valence electrons. The minimum Gasteiger partial charge on any atom is -0.497 e. The van der Waals surface area contributed by atoms with E-state index in [4.69, 9.17) is 18.9 Å². The van der Waals surface area contributed by atoms with Crippen LogP contribution in [0.15, 0.2) is 71.6 Å². The summed E-state index contributed by atoms with van der Waals surface area (Å²) in [4.78, 5) is 29.2. The van der Waals surface area contributed by atoms with E-state index in [0.29, 0.717) is 17.9 Å². The molecule has 0 aliphatic heterocycles. The number of nitrogens with zero attached hydrogens (tertiary/aromatic N) is 2. The average Bonchev–Trinajstić information content (AvgIpc) is 3.02. The Kier molecular flexibility index (Phi) is 11.7. The van der Waals surface area contributed by atoms with Crippen LogP contribution in [0, 0.1) is 0 Å². The predicted molar refractivity (Wildman–Crippen MR) is 173 cm³/mol. The molecule has 0 aromatic heterocycles. The van der Waals surface area contributed by atoms with Gasteiger partial charge in [-0.2, -0.15) is 0 Å². The number of benzene rings is 3. The lowest BCUT2D eigenvalue weighted by molar-refractivity contribution is -0.141. The summed E-state index contributed by atoms with van der Waals surface area (Å²) in [6.45, 7) is 6.80. The van der Waals surface area contributed by atoms with Crippen LogP contribution in [0.5, 0.6) is 23.0 Å². The molecule has 0 radical (unpaired) electrons. The van der Waals surface area contributed by atoms with E-state index >= 15 is 0 Å². The minimum atomic E-state index is -4.44. The standard InChI is InChI=1S/C33H43N3O8S/c1-9-26(32(38)34-33(2,3)4)35(21-23-13-11-10-12-14-23)31(37)22-36(27-19-24(41-5)15-17-28(27)42-6)45(39,40)25-16-18-29(43-7)30(20-25)44-8/h10-20,26H,9,21-22H2,1-8H3,(H,34,38)/t26-/m1/s1. The van der Waals surface area contributed by atoms with Crippen molar-refractivity contribution in [3.8, 4) is 23.0 Å². The van der Waals surface area contributed by atoms with Crippen LogP contribution in [0.2, 0.25) is 0 Å². The zero-order valence-electron chi connectivity index (χ0n) is 27.1. The summed E-state index contributed by atoms with van der Waals surface area (Å²) in [5.74, 6) is 0.134. The van der Waals surface area contributed by atoms with Crippen LogP contribution in [-0.4, -0.2) is 71.7 Å². The third kappa shape index (κ3) is 8.59. The number of rotatable bonds is 14. The Morgan fingerprint density at radius 2 is 1.44 bits per heavy atom. The van der Waals surface area contributed by atoms with Gasteiger partial charge in [0, 0.05) is 24.2 Å². The van der Waals surface area contributed by atoms with Crippen LogP contribution in [0.4, 0.5) is 5.69 Å². The Hall–Kier alpha value is -4.45. The fraction of sp³-hybridized carbons (Fsp3) is 0.394. The summed E-state index contributed by atoms with van der Waals surface area (Å²) >= 11 is 0. The van der Waals surface area contributed by atoms with Gasteiger partial charge in [-0.05, 0) is 57.0 Å². The predicted octanol–water partition coefficient (Wildman–Crippen LogP) is 4.64. The molecule has 0 fully saturated rings. The van der Waals surface area contributed by atoms with E-state index < -0.39 is 34.1 Å². The Morgan fingerprint density at radius 1 is 0.822 bits per heavy atom. The molecule has 0 aliphatic rings. The first-order valence-corrected chi connectivity index (χ1v) is 15.9. The van der Waals surface area contributed by atoms with Crippen LogP contribution >= 0.6 is 0 Å². The van der Waals surface area contributed by atoms with Crippen LogP contribution in [0.1, 0.15) is 39.7 Å². The number of carbonyl (C=O) groups is 2. The van der Waals surface area contributed by atoms with Gasteiger partial charge in [-0.15, -0.1) is 0 Å². The number of hydrogen-bond acceptors (Lipinski definition) is 8. The summed E-state index contributed by atoms with van der Waals surface area (Å²) in [7, 11) is 1.26. The molecular formula is C33H43N3O8S. The second kappa shape index (κ2) is 15.0. The first-order valence-electron chi connectivity index (χ1n) is 14.4. The van der Waals surface area contributed by atoms with Gasteiger partial charge in [-0.1, -0.05) is 37.3 Å². The number of methoxy groups -OCH3 is 4. The first-order chi connectivity index (χ1) is 21.3. The number of nitrogens with one attached hydrogen (secondary N) is 1. The summed E-state index contributed by atoms with van der Waals surface area (Å²) in [6.07, 6.45) is 0.297. The molecule has 3 rings (SSSR count). The van der Waals surface area contributed by atoms with E-state index in [1.165, 1.54) is 57.6 Å². The fourth-order valence-electron chi connectivity index (χ4n) is 4.76. The molecule has 12 heteroatoms. The molecule has 11 nitrogen and oxygen atoms in total. The van der Waals surface area contributed by atoms with E-state index in [-0.39, 0.29) is 34.5 Å². The number of amides is 2. The number of ether oxygens (including phenoxy) is 4. The van der Waals surface area contributed by atoms with Gasteiger partial charge in [0.25, 0.3) is 10.0 Å². The molecule has 0 spiro atoms. The van der Waals surface area contributed by atoms with Gasteiger partial charge < -0.3 is 29.2 Å². The van der Waals surface area contributed by atoms with Crippen LogP contribution < -0.4 is 28.6 Å². The molecule has 3 aromatic carbocycles. The SMILES string of the molecule is CC[C@H](C(=O)NC(C)(C)C)N(Cc1ccccc1)C(=O)CN(c1cc(OC)ccc1OC)S(=O)(=O)c1ccc(OC)c(OC)c1. The average molecular weight is 642 g/mol. The van der Waals surface area contributed by atoms with Crippen molar-refractivity contribution in [2.45, 2.75) is 57.1 Å². The molecule has 0 saturated carbocycles. The molecule has 45 heavy (non-hydrogen) atoms. The van der Waals surface area contributed by atoms with Crippen LogP contribution in [-0.2, 0) is 26.2 Å². The number of carbonyl (C=O) groups excluding carboxylic acids is 2. The molecule has 1 N–H and O–H groups in total. The van der Waals surface area contributed by atoms with E-state index in [2.05, 4.69) is 5.32 Å². The normalized spacial score (nSPS) is 12.1. The lowest BCUT2D eigenvalue weighted by atomic mass is 10.1. The molecule has 0 saturated heterocycles. The van der Waals surface area contributed by atoms with E-state index in [9.17, 15) is 18.0 Å². The smallest absolute Gasteiger partial charge is 0.265 e. The fourth-order valence-corrected chi connectivity index (χ4v) is 6.19. The Labute approximate surface area is 266 Å². The highest BCUT2D eigenvalue weighted by molar-refractivity contribution is 7.92. The van der Waals surface area contributed by atoms with E-state index in [1.807, 2.05) is 51.1 Å². The quantitative estimate of drug-likeness (QED) is 0.270. The van der Waals surface area contributed by atoms with Gasteiger partial charge in [-0.3, -0.25) is 13.9 Å². The monoisotopic (exact) mass is 641 g/mol. The van der Waals surface area contributed by atoms with Crippen molar-refractivity contribution in [3.05, 3.63) is 72.3 Å². The van der Waals surface area contributed by atoms with Crippen molar-refractivity contribution >= 4 is 27.5 Å². The maximum absolute atomic E-state index is 14.4. The lowest BCUT2D eigenvalue weighted by Crippen LogP contribution is -2.55. The van der Waals surface area contributed by atoms with Crippen molar-refractivity contribution < 1.29 is 37.0 Å². The highest BCUT2D eigenvalue weighted by Crippen LogP contribution is 2.38. The summed E-state index contributed by atoms with van der Waals surface area (Å²) < 4.78 is 51.4. The van der Waals surface area contributed by atoms with Gasteiger partial charge in [-0.25, -0.2) is 8.42 Å². The maximum Gasteiger partial charge on any atom is 0.265 e. The van der Waals surface area contributed by atoms with Gasteiger partial charge in [0.05, 0.1) is 39.0 Å². The molecule has 0 heterocycles. The van der Waals surface area contributed by atoms with Crippen molar-refractivity contribution in [2.75, 3.05) is 39.3 Å².